The van der Waals surface area contributed by atoms with Crippen LogP contribution in [0.1, 0.15) is 11.1 Å². The molecule has 2 rings (SSSR count). The predicted molar refractivity (Wildman–Crippen MR) is 69.0 cm³/mol. The molecule has 0 amide bonds. The van der Waals surface area contributed by atoms with E-state index in [0.717, 1.165) is 0 Å². The zero-order chi connectivity index (χ0) is 13.9. The van der Waals surface area contributed by atoms with Crippen LogP contribution in [0.4, 0.5) is 8.78 Å². The van der Waals surface area contributed by atoms with E-state index in [2.05, 4.69) is 0 Å². The van der Waals surface area contributed by atoms with E-state index in [9.17, 15) is 8.78 Å². The van der Waals surface area contributed by atoms with Crippen LogP contribution >= 0.6 is 0 Å². The molecular weight excluding hydrogens is 250 g/mol. The van der Waals surface area contributed by atoms with Crippen molar-refractivity contribution in [2.75, 3.05) is 14.2 Å². The molecule has 0 atom stereocenters. The molecular formula is C15H14F2O2. The van der Waals surface area contributed by atoms with Crippen LogP contribution < -0.4 is 9.47 Å². The molecule has 0 saturated carbocycles. The first-order chi connectivity index (χ1) is 9.07. The quantitative estimate of drug-likeness (QED) is 0.835. The summed E-state index contributed by atoms with van der Waals surface area (Å²) >= 11 is 0. The van der Waals surface area contributed by atoms with Crippen molar-refractivity contribution in [3.8, 4) is 11.5 Å². The van der Waals surface area contributed by atoms with Crippen LogP contribution in [0.2, 0.25) is 0 Å². The van der Waals surface area contributed by atoms with Gasteiger partial charge in [-0.3, -0.25) is 0 Å². The molecule has 0 saturated heterocycles. The molecule has 0 aliphatic rings. The molecule has 0 aliphatic heterocycles. The van der Waals surface area contributed by atoms with E-state index in [0.29, 0.717) is 11.5 Å². The molecule has 0 heterocycles. The lowest BCUT2D eigenvalue weighted by atomic mass is 10.0. The number of alkyl halides is 2. The summed E-state index contributed by atoms with van der Waals surface area (Å²) in [6.45, 7) is 0. The van der Waals surface area contributed by atoms with Crippen molar-refractivity contribution in [2.45, 2.75) is 5.92 Å². The third kappa shape index (κ3) is 2.67. The molecule has 0 radical (unpaired) electrons. The first kappa shape index (κ1) is 13.3. The number of rotatable bonds is 4. The number of benzene rings is 2. The van der Waals surface area contributed by atoms with Crippen molar-refractivity contribution in [1.29, 1.82) is 0 Å². The van der Waals surface area contributed by atoms with Crippen molar-refractivity contribution >= 4 is 0 Å². The summed E-state index contributed by atoms with van der Waals surface area (Å²) in [6.07, 6.45) is 0. The van der Waals surface area contributed by atoms with Gasteiger partial charge < -0.3 is 9.47 Å². The highest BCUT2D eigenvalue weighted by molar-refractivity contribution is 5.38. The van der Waals surface area contributed by atoms with E-state index in [1.54, 1.807) is 0 Å². The van der Waals surface area contributed by atoms with Crippen molar-refractivity contribution < 1.29 is 18.3 Å². The second-order valence-electron chi connectivity index (χ2n) is 4.03. The molecule has 0 bridgehead atoms. The standard InChI is InChI=1S/C15H14F2O2/c1-18-13-7-3-11(4-8-13)15(16,17)12-5-9-14(19-2)10-6-12/h3-10H,1-2H3. The van der Waals surface area contributed by atoms with Gasteiger partial charge in [0.1, 0.15) is 11.5 Å². The average molecular weight is 264 g/mol. The average Bonchev–Trinajstić information content (AvgIpc) is 2.47. The molecule has 19 heavy (non-hydrogen) atoms. The van der Waals surface area contributed by atoms with E-state index in [1.165, 1.54) is 62.8 Å². The Morgan fingerprint density at radius 3 is 1.26 bits per heavy atom. The Labute approximate surface area is 110 Å². The highest BCUT2D eigenvalue weighted by Gasteiger charge is 2.33. The number of hydrogen-bond acceptors (Lipinski definition) is 2. The molecule has 0 N–H and O–H groups in total. The van der Waals surface area contributed by atoms with Crippen LogP contribution in [0, 0.1) is 0 Å². The van der Waals surface area contributed by atoms with Crippen molar-refractivity contribution in [3.05, 3.63) is 59.7 Å². The Kier molecular flexibility index (Phi) is 3.69. The van der Waals surface area contributed by atoms with Gasteiger partial charge in [-0.2, -0.15) is 8.78 Å². The van der Waals surface area contributed by atoms with E-state index in [-0.39, 0.29) is 11.1 Å². The third-order valence-electron chi connectivity index (χ3n) is 2.91. The number of methoxy groups -OCH3 is 2. The van der Waals surface area contributed by atoms with Gasteiger partial charge in [0.05, 0.1) is 14.2 Å². The summed E-state index contributed by atoms with van der Waals surface area (Å²) in [5.41, 5.74) is -0.142. The Hall–Kier alpha value is -2.10. The first-order valence-electron chi connectivity index (χ1n) is 5.75. The first-order valence-corrected chi connectivity index (χ1v) is 5.75. The lowest BCUT2D eigenvalue weighted by molar-refractivity contribution is 0.0427. The van der Waals surface area contributed by atoms with Gasteiger partial charge in [-0.25, -0.2) is 0 Å². The van der Waals surface area contributed by atoms with Crippen LogP contribution in [-0.2, 0) is 5.92 Å². The monoisotopic (exact) mass is 264 g/mol. The molecule has 0 aliphatic carbocycles. The molecule has 0 aromatic heterocycles. The number of halogens is 2. The van der Waals surface area contributed by atoms with Gasteiger partial charge in [0.2, 0.25) is 0 Å². The third-order valence-corrected chi connectivity index (χ3v) is 2.91. The van der Waals surface area contributed by atoms with E-state index in [1.807, 2.05) is 0 Å². The summed E-state index contributed by atoms with van der Waals surface area (Å²) in [7, 11) is 2.99. The van der Waals surface area contributed by atoms with Crippen molar-refractivity contribution in [3.63, 3.8) is 0 Å². The highest BCUT2D eigenvalue weighted by Crippen LogP contribution is 2.36. The molecule has 100 valence electrons. The smallest absolute Gasteiger partial charge is 0.298 e. The van der Waals surface area contributed by atoms with Crippen LogP contribution in [-0.4, -0.2) is 14.2 Å². The van der Waals surface area contributed by atoms with Gasteiger partial charge in [-0.1, -0.05) is 0 Å². The van der Waals surface area contributed by atoms with Crippen molar-refractivity contribution in [1.82, 2.24) is 0 Å². The number of hydrogen-bond donors (Lipinski definition) is 0. The summed E-state index contributed by atoms with van der Waals surface area (Å²) in [5, 5.41) is 0. The summed E-state index contributed by atoms with van der Waals surface area (Å²) < 4.78 is 38.5. The van der Waals surface area contributed by atoms with Crippen LogP contribution in [0.5, 0.6) is 11.5 Å². The van der Waals surface area contributed by atoms with E-state index >= 15 is 0 Å². The van der Waals surface area contributed by atoms with Gasteiger partial charge in [0.25, 0.3) is 5.92 Å². The lowest BCUT2D eigenvalue weighted by Crippen LogP contribution is -2.14. The minimum absolute atomic E-state index is 0.0709. The van der Waals surface area contributed by atoms with Crippen LogP contribution in [0.25, 0.3) is 0 Å². The Bertz CT molecular complexity index is 484. The SMILES string of the molecule is COc1ccc(C(F)(F)c2ccc(OC)cc2)cc1. The fourth-order valence-electron chi connectivity index (χ4n) is 1.77. The molecule has 2 aromatic carbocycles. The van der Waals surface area contributed by atoms with Crippen LogP contribution in [0.3, 0.4) is 0 Å². The maximum absolute atomic E-state index is 14.3. The van der Waals surface area contributed by atoms with Gasteiger partial charge >= 0.3 is 0 Å². The molecule has 4 heteroatoms. The maximum Gasteiger partial charge on any atom is 0.298 e. The van der Waals surface area contributed by atoms with E-state index in [4.69, 9.17) is 9.47 Å². The lowest BCUT2D eigenvalue weighted by Gasteiger charge is -2.17. The largest absolute Gasteiger partial charge is 0.497 e. The minimum atomic E-state index is -3.04. The topological polar surface area (TPSA) is 18.5 Å². The van der Waals surface area contributed by atoms with Gasteiger partial charge in [-0.05, 0) is 48.5 Å². The second-order valence-corrected chi connectivity index (χ2v) is 4.03. The zero-order valence-corrected chi connectivity index (χ0v) is 10.7. The Balaban J connectivity index is 2.33. The van der Waals surface area contributed by atoms with Gasteiger partial charge in [0.15, 0.2) is 0 Å². The molecule has 2 nitrogen and oxygen atoms in total. The summed E-state index contributed by atoms with van der Waals surface area (Å²) in [6, 6.07) is 11.5. The molecule has 0 fully saturated rings. The zero-order valence-electron chi connectivity index (χ0n) is 10.7. The van der Waals surface area contributed by atoms with Crippen LogP contribution in [0.15, 0.2) is 48.5 Å². The van der Waals surface area contributed by atoms with E-state index < -0.39 is 5.92 Å². The van der Waals surface area contributed by atoms with Gasteiger partial charge in [-0.15, -0.1) is 0 Å². The molecule has 0 spiro atoms. The van der Waals surface area contributed by atoms with Gasteiger partial charge in [0, 0.05) is 11.1 Å². The predicted octanol–water partition coefficient (Wildman–Crippen LogP) is 3.84. The highest BCUT2D eigenvalue weighted by atomic mass is 19.3. The Morgan fingerprint density at radius 2 is 1.00 bits per heavy atom. The molecule has 2 aromatic rings. The molecule has 0 unspecified atom stereocenters. The second kappa shape index (κ2) is 5.26. The fraction of sp³-hybridized carbons (Fsp3) is 0.200. The number of ether oxygens (including phenoxy) is 2. The normalized spacial score (nSPS) is 11.2. The maximum atomic E-state index is 14.3. The minimum Gasteiger partial charge on any atom is -0.497 e. The fourth-order valence-corrected chi connectivity index (χ4v) is 1.77. The Morgan fingerprint density at radius 1 is 0.684 bits per heavy atom. The van der Waals surface area contributed by atoms with Crippen molar-refractivity contribution in [2.24, 2.45) is 0 Å². The summed E-state index contributed by atoms with van der Waals surface area (Å²) in [4.78, 5) is 0. The summed E-state index contributed by atoms with van der Waals surface area (Å²) in [5.74, 6) is -1.94.